The lowest BCUT2D eigenvalue weighted by atomic mass is 9.99. The molecule has 0 bridgehead atoms. The van der Waals surface area contributed by atoms with Crippen LogP contribution >= 0.6 is 0 Å². The van der Waals surface area contributed by atoms with Gasteiger partial charge in [0, 0.05) is 6.07 Å². The van der Waals surface area contributed by atoms with Crippen molar-refractivity contribution in [2.75, 3.05) is 13.2 Å². The Morgan fingerprint density at radius 2 is 1.61 bits per heavy atom. The SMILES string of the molecule is CCCCCCC(F)COc1ccc(-c2ncc(OCCCCCCCC3CCCC3)cn2)c(F)c1. The maximum atomic E-state index is 14.6. The van der Waals surface area contributed by atoms with Crippen molar-refractivity contribution in [1.82, 2.24) is 9.97 Å². The number of aromatic nitrogens is 2. The first-order chi connectivity index (χ1) is 17.7. The Labute approximate surface area is 216 Å². The van der Waals surface area contributed by atoms with Gasteiger partial charge in [0.2, 0.25) is 0 Å². The van der Waals surface area contributed by atoms with Crippen molar-refractivity contribution < 1.29 is 18.3 Å². The number of alkyl halides is 1. The Morgan fingerprint density at radius 1 is 0.889 bits per heavy atom. The molecule has 1 aromatic carbocycles. The molecule has 1 aromatic heterocycles. The van der Waals surface area contributed by atoms with Crippen molar-refractivity contribution in [3.8, 4) is 22.9 Å². The summed E-state index contributed by atoms with van der Waals surface area (Å²) in [6.45, 7) is 2.70. The van der Waals surface area contributed by atoms with E-state index in [1.165, 1.54) is 63.9 Å². The Balaban J connectivity index is 1.32. The third-order valence-corrected chi connectivity index (χ3v) is 7.11. The average Bonchev–Trinajstić information content (AvgIpc) is 3.41. The second kappa shape index (κ2) is 16.5. The lowest BCUT2D eigenvalue weighted by Crippen LogP contribution is -2.13. The first-order valence-corrected chi connectivity index (χ1v) is 14.2. The summed E-state index contributed by atoms with van der Waals surface area (Å²) in [7, 11) is 0. The first kappa shape index (κ1) is 28.3. The number of nitrogens with zero attached hydrogens (tertiary/aromatic N) is 2. The number of halogens is 2. The normalized spacial score (nSPS) is 14.8. The molecule has 0 radical (unpaired) electrons. The number of hydrogen-bond acceptors (Lipinski definition) is 4. The van der Waals surface area contributed by atoms with E-state index >= 15 is 0 Å². The zero-order chi connectivity index (χ0) is 25.4. The van der Waals surface area contributed by atoms with Gasteiger partial charge in [0.05, 0.1) is 24.6 Å². The van der Waals surface area contributed by atoms with Crippen molar-refractivity contribution in [3.63, 3.8) is 0 Å². The Morgan fingerprint density at radius 3 is 2.36 bits per heavy atom. The predicted octanol–water partition coefficient (Wildman–Crippen LogP) is 8.88. The maximum Gasteiger partial charge on any atom is 0.162 e. The van der Waals surface area contributed by atoms with Crippen molar-refractivity contribution in [2.45, 2.75) is 109 Å². The van der Waals surface area contributed by atoms with Crippen molar-refractivity contribution in [2.24, 2.45) is 5.92 Å². The molecule has 4 nitrogen and oxygen atoms in total. The van der Waals surface area contributed by atoms with E-state index in [1.54, 1.807) is 24.5 Å². The fourth-order valence-electron chi connectivity index (χ4n) is 4.91. The van der Waals surface area contributed by atoms with Gasteiger partial charge in [-0.2, -0.15) is 0 Å². The molecule has 1 heterocycles. The predicted molar refractivity (Wildman–Crippen MR) is 142 cm³/mol. The van der Waals surface area contributed by atoms with Gasteiger partial charge in [0.15, 0.2) is 11.6 Å². The minimum atomic E-state index is -1.04. The minimum absolute atomic E-state index is 0.0616. The van der Waals surface area contributed by atoms with Crippen LogP contribution in [0.5, 0.6) is 11.5 Å². The van der Waals surface area contributed by atoms with E-state index < -0.39 is 12.0 Å². The van der Waals surface area contributed by atoms with Gasteiger partial charge in [0.25, 0.3) is 0 Å². The minimum Gasteiger partial charge on any atom is -0.490 e. The molecular formula is C30H44F2N2O2. The molecule has 1 fully saturated rings. The van der Waals surface area contributed by atoms with E-state index in [4.69, 9.17) is 9.47 Å². The topological polar surface area (TPSA) is 44.2 Å². The molecule has 3 rings (SSSR count). The van der Waals surface area contributed by atoms with Gasteiger partial charge in [-0.25, -0.2) is 18.7 Å². The van der Waals surface area contributed by atoms with E-state index in [0.717, 1.165) is 38.0 Å². The summed E-state index contributed by atoms with van der Waals surface area (Å²) in [5, 5.41) is 0. The lowest BCUT2D eigenvalue weighted by molar-refractivity contribution is 0.183. The highest BCUT2D eigenvalue weighted by Crippen LogP contribution is 2.29. The van der Waals surface area contributed by atoms with E-state index in [9.17, 15) is 8.78 Å². The Kier molecular flexibility index (Phi) is 13.0. The summed E-state index contributed by atoms with van der Waals surface area (Å²) in [4.78, 5) is 8.53. The second-order valence-corrected chi connectivity index (χ2v) is 10.2. The molecule has 0 spiro atoms. The maximum absolute atomic E-state index is 14.6. The molecule has 6 heteroatoms. The zero-order valence-electron chi connectivity index (χ0n) is 22.0. The zero-order valence-corrected chi connectivity index (χ0v) is 22.0. The number of benzene rings is 1. The monoisotopic (exact) mass is 502 g/mol. The summed E-state index contributed by atoms with van der Waals surface area (Å²) in [6.07, 6.45) is 20.0. The third kappa shape index (κ3) is 10.4. The van der Waals surface area contributed by atoms with Crippen LogP contribution in [0.15, 0.2) is 30.6 Å². The van der Waals surface area contributed by atoms with Gasteiger partial charge in [-0.3, -0.25) is 0 Å². The molecule has 0 aliphatic heterocycles. The highest BCUT2D eigenvalue weighted by atomic mass is 19.1. The average molecular weight is 503 g/mol. The highest BCUT2D eigenvalue weighted by molar-refractivity contribution is 5.57. The second-order valence-electron chi connectivity index (χ2n) is 10.2. The Bertz CT molecular complexity index is 857. The molecular weight excluding hydrogens is 458 g/mol. The van der Waals surface area contributed by atoms with Gasteiger partial charge >= 0.3 is 0 Å². The number of ether oxygens (including phenoxy) is 2. The van der Waals surface area contributed by atoms with Crippen LogP contribution in [0.1, 0.15) is 103 Å². The van der Waals surface area contributed by atoms with Crippen LogP contribution < -0.4 is 9.47 Å². The van der Waals surface area contributed by atoms with Crippen LogP contribution in [0.2, 0.25) is 0 Å². The molecule has 200 valence electrons. The molecule has 1 unspecified atom stereocenters. The molecule has 0 amide bonds. The van der Waals surface area contributed by atoms with Gasteiger partial charge < -0.3 is 9.47 Å². The van der Waals surface area contributed by atoms with Gasteiger partial charge in [-0.15, -0.1) is 0 Å². The first-order valence-electron chi connectivity index (χ1n) is 14.2. The molecule has 0 saturated heterocycles. The number of unbranched alkanes of at least 4 members (excludes halogenated alkanes) is 7. The number of rotatable bonds is 18. The quantitative estimate of drug-likeness (QED) is 0.191. The Hall–Kier alpha value is -2.24. The summed E-state index contributed by atoms with van der Waals surface area (Å²) in [6, 6.07) is 4.46. The summed E-state index contributed by atoms with van der Waals surface area (Å²) in [5.41, 5.74) is 0.280. The van der Waals surface area contributed by atoms with E-state index in [-0.39, 0.29) is 18.0 Å². The highest BCUT2D eigenvalue weighted by Gasteiger charge is 2.14. The molecule has 0 N–H and O–H groups in total. The van der Waals surface area contributed by atoms with Crippen molar-refractivity contribution in [1.29, 1.82) is 0 Å². The largest absolute Gasteiger partial charge is 0.490 e. The van der Waals surface area contributed by atoms with E-state index in [1.807, 2.05) is 0 Å². The van der Waals surface area contributed by atoms with Gasteiger partial charge in [0.1, 0.15) is 24.3 Å². The van der Waals surface area contributed by atoms with Crippen molar-refractivity contribution in [3.05, 3.63) is 36.4 Å². The van der Waals surface area contributed by atoms with Gasteiger partial charge in [-0.05, 0) is 30.9 Å². The van der Waals surface area contributed by atoms with E-state index in [2.05, 4.69) is 16.9 Å². The fourth-order valence-corrected chi connectivity index (χ4v) is 4.91. The van der Waals surface area contributed by atoms with Crippen LogP contribution in [-0.4, -0.2) is 29.4 Å². The fraction of sp³-hybridized carbons (Fsp3) is 0.667. The van der Waals surface area contributed by atoms with Crippen molar-refractivity contribution >= 4 is 0 Å². The molecule has 1 atom stereocenters. The van der Waals surface area contributed by atoms with Crippen LogP contribution in [0.4, 0.5) is 8.78 Å². The van der Waals surface area contributed by atoms with E-state index in [0.29, 0.717) is 24.5 Å². The molecule has 1 aliphatic carbocycles. The molecule has 36 heavy (non-hydrogen) atoms. The smallest absolute Gasteiger partial charge is 0.162 e. The lowest BCUT2D eigenvalue weighted by Gasteiger charge is -2.11. The summed E-state index contributed by atoms with van der Waals surface area (Å²) in [5.74, 6) is 1.69. The van der Waals surface area contributed by atoms with Crippen LogP contribution in [-0.2, 0) is 0 Å². The molecule has 1 aliphatic rings. The molecule has 1 saturated carbocycles. The number of hydrogen-bond donors (Lipinski definition) is 0. The van der Waals surface area contributed by atoms with Crippen LogP contribution in [0, 0.1) is 11.7 Å². The third-order valence-electron chi connectivity index (χ3n) is 7.11. The van der Waals surface area contributed by atoms with Gasteiger partial charge in [-0.1, -0.05) is 90.4 Å². The van der Waals surface area contributed by atoms with Crippen LogP contribution in [0.25, 0.3) is 11.4 Å². The molecule has 2 aromatic rings. The summed E-state index contributed by atoms with van der Waals surface area (Å²) >= 11 is 0. The van der Waals surface area contributed by atoms with Crippen LogP contribution in [0.3, 0.4) is 0 Å². The standard InChI is InChI=1S/C30H44F2N2O2/c1-2-3-4-9-16-25(31)23-36-26-17-18-28(29(32)20-26)30-33-21-27(22-34-30)35-19-12-7-5-6-8-13-24-14-10-11-15-24/h17-18,20-22,24-25H,2-16,19,23H2,1H3. The summed E-state index contributed by atoms with van der Waals surface area (Å²) < 4.78 is 39.8.